The maximum Gasteiger partial charge on any atom is 0.339 e. The fourth-order valence-electron chi connectivity index (χ4n) is 3.36. The number of nitrogens with one attached hydrogen (secondary N) is 1. The van der Waals surface area contributed by atoms with E-state index < -0.39 is 5.97 Å². The van der Waals surface area contributed by atoms with Gasteiger partial charge in [0.15, 0.2) is 11.9 Å². The summed E-state index contributed by atoms with van der Waals surface area (Å²) in [5.41, 5.74) is 3.87. The van der Waals surface area contributed by atoms with Crippen LogP contribution in [0.15, 0.2) is 60.8 Å². The highest BCUT2D eigenvalue weighted by Gasteiger charge is 2.16. The Labute approximate surface area is 215 Å². The van der Waals surface area contributed by atoms with Gasteiger partial charge in [-0.3, -0.25) is 9.59 Å². The number of hydrogen-bond donors (Lipinski definition) is 1. The van der Waals surface area contributed by atoms with Crippen LogP contribution in [0.5, 0.6) is 5.75 Å². The second kappa shape index (κ2) is 12.6. The summed E-state index contributed by atoms with van der Waals surface area (Å²) in [6, 6.07) is 16.1. The van der Waals surface area contributed by atoms with Gasteiger partial charge in [0.25, 0.3) is 0 Å². The third-order valence-corrected chi connectivity index (χ3v) is 5.23. The predicted molar refractivity (Wildman–Crippen MR) is 130 cm³/mol. The van der Waals surface area contributed by atoms with Gasteiger partial charge in [0.2, 0.25) is 18.2 Å². The molecule has 1 amide bonds. The number of halogens is 1. The number of hydrogen-bond acceptors (Lipinski definition) is 5. The molecule has 182 valence electrons. The molecular formula is C27H27BrN2O5. The van der Waals surface area contributed by atoms with Gasteiger partial charge in [0, 0.05) is 31.0 Å². The van der Waals surface area contributed by atoms with E-state index in [4.69, 9.17) is 9.47 Å². The largest absolute Gasteiger partial charge is 1.00 e. The smallest absolute Gasteiger partial charge is 0.339 e. The third kappa shape index (κ3) is 7.35. The molecule has 1 heterocycles. The van der Waals surface area contributed by atoms with Gasteiger partial charge in [0.05, 0.1) is 25.5 Å². The number of pyridine rings is 1. The van der Waals surface area contributed by atoms with Crippen LogP contribution in [0.3, 0.4) is 0 Å². The van der Waals surface area contributed by atoms with Crippen LogP contribution in [-0.4, -0.2) is 31.9 Å². The highest BCUT2D eigenvalue weighted by molar-refractivity contribution is 6.01. The lowest BCUT2D eigenvalue weighted by Gasteiger charge is -2.09. The Morgan fingerprint density at radius 2 is 1.60 bits per heavy atom. The number of Topliss-reactive ketones (excluding diaryl/α,β-unsaturated/α-hetero) is 1. The topological polar surface area (TPSA) is 85.6 Å². The lowest BCUT2D eigenvalue weighted by atomic mass is 10.1. The molecule has 0 aliphatic rings. The fourth-order valence-corrected chi connectivity index (χ4v) is 3.36. The van der Waals surface area contributed by atoms with Gasteiger partial charge in [-0.2, -0.15) is 4.57 Å². The number of ketones is 1. The molecule has 35 heavy (non-hydrogen) atoms. The minimum atomic E-state index is -0.538. The first-order valence-electron chi connectivity index (χ1n) is 10.7. The van der Waals surface area contributed by atoms with Crippen molar-refractivity contribution in [2.75, 3.05) is 19.5 Å². The summed E-state index contributed by atoms with van der Waals surface area (Å²) in [5.74, 6) is -0.118. The number of aryl methyl sites for hydroxylation is 1. The second-order valence-corrected chi connectivity index (χ2v) is 7.69. The second-order valence-electron chi connectivity index (χ2n) is 7.69. The fraction of sp³-hybridized carbons (Fsp3) is 0.185. The minimum absolute atomic E-state index is 0. The monoisotopic (exact) mass is 538 g/mol. The highest BCUT2D eigenvalue weighted by Crippen LogP contribution is 2.20. The molecule has 3 aromatic rings. The average molecular weight is 539 g/mol. The number of ether oxygens (including phenoxy) is 2. The Morgan fingerprint density at radius 3 is 2.23 bits per heavy atom. The van der Waals surface area contributed by atoms with E-state index in [1.807, 2.05) is 42.0 Å². The zero-order valence-electron chi connectivity index (χ0n) is 20.0. The van der Waals surface area contributed by atoms with E-state index in [0.717, 1.165) is 16.8 Å². The molecule has 0 fully saturated rings. The van der Waals surface area contributed by atoms with Crippen molar-refractivity contribution in [2.45, 2.75) is 20.4 Å². The molecule has 0 bridgehead atoms. The van der Waals surface area contributed by atoms with Crippen molar-refractivity contribution in [3.05, 3.63) is 88.7 Å². The SMILES string of the molecule is COC(=O)c1cc(/C=C/c2ccc(C)[n+](CC(=O)c3ccc(OC)cc3)c2)ccc1NC(C)=O.[Br-]. The quantitative estimate of drug-likeness (QED) is 0.263. The van der Waals surface area contributed by atoms with Crippen LogP contribution in [0.25, 0.3) is 12.2 Å². The lowest BCUT2D eigenvalue weighted by molar-refractivity contribution is -0.689. The molecule has 0 unspecified atom stereocenters. The van der Waals surface area contributed by atoms with E-state index in [2.05, 4.69) is 5.32 Å². The number of nitrogens with zero attached hydrogens (tertiary/aromatic N) is 1. The Morgan fingerprint density at radius 1 is 0.943 bits per heavy atom. The van der Waals surface area contributed by atoms with Crippen LogP contribution in [0.4, 0.5) is 5.69 Å². The molecule has 0 atom stereocenters. The summed E-state index contributed by atoms with van der Waals surface area (Å²) in [5, 5.41) is 2.64. The number of aromatic nitrogens is 1. The Hall–Kier alpha value is -3.78. The molecule has 0 spiro atoms. The van der Waals surface area contributed by atoms with Gasteiger partial charge in [-0.15, -0.1) is 0 Å². The number of esters is 1. The van der Waals surface area contributed by atoms with Gasteiger partial charge in [-0.25, -0.2) is 4.79 Å². The minimum Gasteiger partial charge on any atom is -1.00 e. The zero-order chi connectivity index (χ0) is 24.7. The molecule has 1 N–H and O–H groups in total. The zero-order valence-corrected chi connectivity index (χ0v) is 21.6. The average Bonchev–Trinajstić information content (AvgIpc) is 2.84. The first-order valence-corrected chi connectivity index (χ1v) is 10.7. The summed E-state index contributed by atoms with van der Waals surface area (Å²) in [4.78, 5) is 36.3. The van der Waals surface area contributed by atoms with E-state index >= 15 is 0 Å². The maximum atomic E-state index is 12.7. The van der Waals surface area contributed by atoms with E-state index in [1.54, 1.807) is 49.6 Å². The summed E-state index contributed by atoms with van der Waals surface area (Å²) >= 11 is 0. The molecule has 2 aromatic carbocycles. The van der Waals surface area contributed by atoms with Crippen molar-refractivity contribution in [1.82, 2.24) is 0 Å². The van der Waals surface area contributed by atoms with Crippen molar-refractivity contribution >= 4 is 35.5 Å². The number of methoxy groups -OCH3 is 2. The van der Waals surface area contributed by atoms with Crippen molar-refractivity contribution in [3.63, 3.8) is 0 Å². The Bertz CT molecular complexity index is 1250. The van der Waals surface area contributed by atoms with Gasteiger partial charge < -0.3 is 31.8 Å². The van der Waals surface area contributed by atoms with Crippen LogP contribution in [0, 0.1) is 6.92 Å². The van der Waals surface area contributed by atoms with E-state index in [-0.39, 0.29) is 40.8 Å². The normalized spacial score (nSPS) is 10.4. The number of carbonyl (C=O) groups is 3. The highest BCUT2D eigenvalue weighted by atomic mass is 79.9. The molecule has 1 aromatic heterocycles. The Kier molecular flexibility index (Phi) is 9.90. The van der Waals surface area contributed by atoms with Gasteiger partial charge in [-0.1, -0.05) is 12.1 Å². The third-order valence-electron chi connectivity index (χ3n) is 5.23. The number of rotatable bonds is 8. The van der Waals surface area contributed by atoms with Crippen LogP contribution in [-0.2, 0) is 16.1 Å². The number of anilines is 1. The molecule has 8 heteroatoms. The molecule has 3 rings (SSSR count). The maximum absolute atomic E-state index is 12.7. The first kappa shape index (κ1) is 27.5. The molecule has 0 aliphatic heterocycles. The summed E-state index contributed by atoms with van der Waals surface area (Å²) < 4.78 is 11.9. The summed E-state index contributed by atoms with van der Waals surface area (Å²) in [6.07, 6.45) is 5.65. The number of amides is 1. The molecule has 0 saturated heterocycles. The van der Waals surface area contributed by atoms with Crippen LogP contribution in [0.1, 0.15) is 44.5 Å². The van der Waals surface area contributed by atoms with Crippen molar-refractivity contribution in [1.29, 1.82) is 0 Å². The number of benzene rings is 2. The van der Waals surface area contributed by atoms with E-state index in [0.29, 0.717) is 17.0 Å². The van der Waals surface area contributed by atoms with Gasteiger partial charge >= 0.3 is 5.97 Å². The van der Waals surface area contributed by atoms with Gasteiger partial charge in [0.1, 0.15) is 5.75 Å². The van der Waals surface area contributed by atoms with Crippen molar-refractivity contribution < 1.29 is 45.4 Å². The molecule has 0 radical (unpaired) electrons. The number of carbonyl (C=O) groups excluding carboxylic acids is 3. The van der Waals surface area contributed by atoms with Crippen molar-refractivity contribution in [2.24, 2.45) is 0 Å². The standard InChI is InChI=1S/C27H26N2O5.BrH/c1-18-5-6-21(16-29(18)17-26(31)22-10-12-23(33-3)13-11-22)8-7-20-9-14-25(28-19(2)30)24(15-20)27(32)34-4;/h5-16H,17H2,1-4H3;1H/b8-7+;. The lowest BCUT2D eigenvalue weighted by Crippen LogP contribution is -3.00. The van der Waals surface area contributed by atoms with Crippen LogP contribution in [0.2, 0.25) is 0 Å². The predicted octanol–water partition coefficient (Wildman–Crippen LogP) is 1.09. The van der Waals surface area contributed by atoms with Gasteiger partial charge in [-0.05, 0) is 54.1 Å². The molecule has 7 nitrogen and oxygen atoms in total. The Balaban J connectivity index is 0.00000432. The van der Waals surface area contributed by atoms with E-state index in [1.165, 1.54) is 14.0 Å². The first-order chi connectivity index (χ1) is 16.3. The molecular weight excluding hydrogens is 512 g/mol. The molecule has 0 aliphatic carbocycles. The van der Waals surface area contributed by atoms with Crippen LogP contribution < -0.4 is 31.6 Å². The van der Waals surface area contributed by atoms with Crippen molar-refractivity contribution in [3.8, 4) is 5.75 Å². The van der Waals surface area contributed by atoms with Crippen LogP contribution >= 0.6 is 0 Å². The summed E-state index contributed by atoms with van der Waals surface area (Å²) in [7, 11) is 2.88. The summed E-state index contributed by atoms with van der Waals surface area (Å²) in [6.45, 7) is 3.52. The van der Waals surface area contributed by atoms with E-state index in [9.17, 15) is 14.4 Å². The molecule has 0 saturated carbocycles.